The van der Waals surface area contributed by atoms with Crippen LogP contribution in [0, 0.1) is 23.2 Å². The number of carbonyl (C=O) groups excluding carboxylic acids is 2. The van der Waals surface area contributed by atoms with Crippen molar-refractivity contribution in [1.29, 1.82) is 0 Å². The highest BCUT2D eigenvalue weighted by atomic mass is 32.1. The van der Waals surface area contributed by atoms with Crippen LogP contribution in [0.2, 0.25) is 0 Å². The van der Waals surface area contributed by atoms with Gasteiger partial charge in [-0.05, 0) is 80.1 Å². The van der Waals surface area contributed by atoms with Crippen LogP contribution in [0.3, 0.4) is 0 Å². The van der Waals surface area contributed by atoms with Gasteiger partial charge in [0.1, 0.15) is 0 Å². The molecule has 5 rings (SSSR count). The Kier molecular flexibility index (Phi) is 4.61. The van der Waals surface area contributed by atoms with Crippen LogP contribution in [-0.2, 0) is 14.3 Å². The molecule has 5 heteroatoms. The maximum Gasteiger partial charge on any atom is 0.306 e. The van der Waals surface area contributed by atoms with Crippen LogP contribution < -0.4 is 5.32 Å². The second-order valence-electron chi connectivity index (χ2n) is 8.56. The zero-order valence-electron chi connectivity index (χ0n) is 14.8. The van der Waals surface area contributed by atoms with E-state index in [0.717, 1.165) is 22.6 Å². The molecule has 1 atom stereocenters. The van der Waals surface area contributed by atoms with E-state index in [-0.39, 0.29) is 29.9 Å². The Labute approximate surface area is 153 Å². The Morgan fingerprint density at radius 2 is 1.88 bits per heavy atom. The molecule has 1 N–H and O–H groups in total. The number of carbonyl (C=O) groups is 2. The molecule has 4 aliphatic rings. The van der Waals surface area contributed by atoms with Gasteiger partial charge in [0, 0.05) is 4.88 Å². The molecular formula is C20H27NO3S. The van der Waals surface area contributed by atoms with Crippen LogP contribution >= 0.6 is 11.3 Å². The second kappa shape index (κ2) is 6.75. The van der Waals surface area contributed by atoms with Gasteiger partial charge in [0.2, 0.25) is 0 Å². The molecule has 25 heavy (non-hydrogen) atoms. The number of thiophene rings is 1. The maximum absolute atomic E-state index is 12.3. The first kappa shape index (κ1) is 17.1. The molecule has 4 nitrogen and oxygen atoms in total. The minimum Gasteiger partial charge on any atom is -0.456 e. The molecule has 0 saturated heterocycles. The molecular weight excluding hydrogens is 334 g/mol. The molecule has 1 heterocycles. The van der Waals surface area contributed by atoms with E-state index in [2.05, 4.69) is 5.32 Å². The molecule has 0 aromatic carbocycles. The molecule has 136 valence electrons. The van der Waals surface area contributed by atoms with Gasteiger partial charge in [-0.25, -0.2) is 0 Å². The highest BCUT2D eigenvalue weighted by Crippen LogP contribution is 2.61. The molecule has 1 amide bonds. The lowest BCUT2D eigenvalue weighted by Crippen LogP contribution is -2.47. The van der Waals surface area contributed by atoms with Gasteiger partial charge in [0.25, 0.3) is 5.91 Å². The van der Waals surface area contributed by atoms with Crippen molar-refractivity contribution in [2.24, 2.45) is 23.2 Å². The van der Waals surface area contributed by atoms with Crippen LogP contribution in [0.15, 0.2) is 17.5 Å². The molecule has 4 saturated carbocycles. The van der Waals surface area contributed by atoms with Crippen molar-refractivity contribution in [1.82, 2.24) is 5.32 Å². The molecule has 1 aromatic rings. The van der Waals surface area contributed by atoms with Crippen molar-refractivity contribution < 1.29 is 14.3 Å². The number of ether oxygens (including phenoxy) is 1. The number of rotatable bonds is 6. The van der Waals surface area contributed by atoms with Crippen LogP contribution in [0.4, 0.5) is 0 Å². The number of esters is 1. The predicted octanol–water partition coefficient (Wildman–Crippen LogP) is 4.08. The first-order valence-corrected chi connectivity index (χ1v) is 10.4. The third-order valence-electron chi connectivity index (χ3n) is 6.40. The van der Waals surface area contributed by atoms with Crippen LogP contribution in [0.5, 0.6) is 0 Å². The average molecular weight is 362 g/mol. The molecule has 0 unspecified atom stereocenters. The van der Waals surface area contributed by atoms with Crippen molar-refractivity contribution >= 4 is 23.2 Å². The second-order valence-corrected chi connectivity index (χ2v) is 9.54. The SMILES string of the molecule is C[C@H](NC(=O)COC(=O)CC12CC3CC(CC(C3)C1)C2)c1cccs1. The Balaban J connectivity index is 1.25. The van der Waals surface area contributed by atoms with Crippen molar-refractivity contribution in [3.05, 3.63) is 22.4 Å². The minimum absolute atomic E-state index is 0.0469. The lowest BCUT2D eigenvalue weighted by Gasteiger charge is -2.56. The molecule has 4 fully saturated rings. The van der Waals surface area contributed by atoms with E-state index in [1.807, 2.05) is 24.4 Å². The molecule has 4 bridgehead atoms. The molecule has 4 aliphatic carbocycles. The van der Waals surface area contributed by atoms with E-state index in [9.17, 15) is 9.59 Å². The zero-order valence-corrected chi connectivity index (χ0v) is 15.6. The molecule has 0 aliphatic heterocycles. The topological polar surface area (TPSA) is 55.4 Å². The first-order valence-electron chi connectivity index (χ1n) is 9.50. The minimum atomic E-state index is -0.222. The van der Waals surface area contributed by atoms with Gasteiger partial charge in [-0.15, -0.1) is 11.3 Å². The smallest absolute Gasteiger partial charge is 0.306 e. The van der Waals surface area contributed by atoms with Gasteiger partial charge < -0.3 is 10.1 Å². The summed E-state index contributed by atoms with van der Waals surface area (Å²) >= 11 is 1.61. The number of hydrogen-bond donors (Lipinski definition) is 1. The number of amides is 1. The lowest BCUT2D eigenvalue weighted by atomic mass is 9.49. The van der Waals surface area contributed by atoms with E-state index in [1.54, 1.807) is 11.3 Å². The third kappa shape index (κ3) is 3.76. The summed E-state index contributed by atoms with van der Waals surface area (Å²) in [5.74, 6) is 2.07. The van der Waals surface area contributed by atoms with Crippen molar-refractivity contribution in [3.63, 3.8) is 0 Å². The molecule has 0 radical (unpaired) electrons. The predicted molar refractivity (Wildman–Crippen MR) is 97.1 cm³/mol. The van der Waals surface area contributed by atoms with Crippen molar-refractivity contribution in [3.8, 4) is 0 Å². The summed E-state index contributed by atoms with van der Waals surface area (Å²) in [6, 6.07) is 3.91. The third-order valence-corrected chi connectivity index (χ3v) is 7.45. The fraction of sp³-hybridized carbons (Fsp3) is 0.700. The Morgan fingerprint density at radius 1 is 1.24 bits per heavy atom. The maximum atomic E-state index is 12.3. The fourth-order valence-corrected chi connectivity index (χ4v) is 6.64. The van der Waals surface area contributed by atoms with Crippen LogP contribution in [-0.4, -0.2) is 18.5 Å². The van der Waals surface area contributed by atoms with Crippen molar-refractivity contribution in [2.75, 3.05) is 6.61 Å². The summed E-state index contributed by atoms with van der Waals surface area (Å²) in [5, 5.41) is 4.88. The quantitative estimate of drug-likeness (QED) is 0.777. The lowest BCUT2D eigenvalue weighted by molar-refractivity contribution is -0.155. The Hall–Kier alpha value is -1.36. The summed E-state index contributed by atoms with van der Waals surface area (Å²) in [6.07, 6.45) is 8.19. The number of hydrogen-bond acceptors (Lipinski definition) is 4. The van der Waals surface area contributed by atoms with Gasteiger partial charge >= 0.3 is 5.97 Å². The van der Waals surface area contributed by atoms with E-state index >= 15 is 0 Å². The summed E-state index contributed by atoms with van der Waals surface area (Å²) in [5.41, 5.74) is 0.173. The standard InChI is InChI=1S/C20H27NO3S/c1-13(17-3-2-4-25-17)21-18(22)12-24-19(23)11-20-8-14-5-15(9-20)7-16(6-14)10-20/h2-4,13-16H,5-12H2,1H3,(H,21,22)/t13-,14?,15?,16?,20?/m0/s1. The monoisotopic (exact) mass is 361 g/mol. The van der Waals surface area contributed by atoms with Gasteiger partial charge in [-0.3, -0.25) is 9.59 Å². The average Bonchev–Trinajstić information content (AvgIpc) is 3.05. The highest BCUT2D eigenvalue weighted by molar-refractivity contribution is 7.10. The van der Waals surface area contributed by atoms with Gasteiger partial charge in [0.15, 0.2) is 6.61 Å². The summed E-state index contributed by atoms with van der Waals surface area (Å²) in [7, 11) is 0. The normalized spacial score (nSPS) is 33.9. The first-order chi connectivity index (χ1) is 12.0. The van der Waals surface area contributed by atoms with Gasteiger partial charge in [-0.1, -0.05) is 6.07 Å². The Morgan fingerprint density at radius 3 is 2.44 bits per heavy atom. The summed E-state index contributed by atoms with van der Waals surface area (Å²) < 4.78 is 5.31. The van der Waals surface area contributed by atoms with Crippen LogP contribution in [0.25, 0.3) is 0 Å². The highest BCUT2D eigenvalue weighted by Gasteiger charge is 2.51. The van der Waals surface area contributed by atoms with E-state index in [0.29, 0.717) is 6.42 Å². The Bertz CT molecular complexity index is 604. The zero-order chi connectivity index (χ0) is 17.4. The number of nitrogens with one attached hydrogen (secondary N) is 1. The van der Waals surface area contributed by atoms with E-state index in [1.165, 1.54) is 38.5 Å². The largest absolute Gasteiger partial charge is 0.456 e. The fourth-order valence-electron chi connectivity index (χ4n) is 5.90. The summed E-state index contributed by atoms with van der Waals surface area (Å²) in [6.45, 7) is 1.78. The van der Waals surface area contributed by atoms with Gasteiger partial charge in [0.05, 0.1) is 12.5 Å². The molecule has 0 spiro atoms. The van der Waals surface area contributed by atoms with Gasteiger partial charge in [-0.2, -0.15) is 0 Å². The van der Waals surface area contributed by atoms with Crippen LogP contribution in [0.1, 0.15) is 62.8 Å². The van der Waals surface area contributed by atoms with Crippen molar-refractivity contribution in [2.45, 2.75) is 57.9 Å². The van der Waals surface area contributed by atoms with E-state index in [4.69, 9.17) is 4.74 Å². The molecule has 1 aromatic heterocycles. The summed E-state index contributed by atoms with van der Waals surface area (Å²) in [4.78, 5) is 25.5. The van der Waals surface area contributed by atoms with E-state index < -0.39 is 0 Å².